The van der Waals surface area contributed by atoms with Crippen molar-refractivity contribution in [2.24, 2.45) is 5.41 Å². The number of hydrogen-bond acceptors (Lipinski definition) is 7. The number of hydrogen-bond donors (Lipinski definition) is 1. The van der Waals surface area contributed by atoms with E-state index in [9.17, 15) is 14.4 Å². The third-order valence-corrected chi connectivity index (χ3v) is 9.04. The fourth-order valence-corrected chi connectivity index (χ4v) is 6.72. The third kappa shape index (κ3) is 5.83. The molecule has 202 valence electrons. The van der Waals surface area contributed by atoms with Crippen LogP contribution in [0.4, 0.5) is 5.69 Å². The van der Waals surface area contributed by atoms with Crippen LogP contribution in [0.15, 0.2) is 24.3 Å². The highest BCUT2D eigenvalue weighted by atomic mass is 32.2. The molecule has 9 heteroatoms. The highest BCUT2D eigenvalue weighted by molar-refractivity contribution is 7.99. The Hall–Kier alpha value is -2.10. The number of piperazine rings is 1. The van der Waals surface area contributed by atoms with Crippen LogP contribution in [0.1, 0.15) is 50.4 Å². The number of Topliss-reactive ketones (excluding diaryl/α,β-unsaturated/α-hetero) is 1. The topological polar surface area (TPSA) is 82.2 Å². The zero-order valence-electron chi connectivity index (χ0n) is 22.4. The van der Waals surface area contributed by atoms with Gasteiger partial charge in [-0.2, -0.15) is 11.8 Å². The largest absolute Gasteiger partial charge is 0.369 e. The molecule has 37 heavy (non-hydrogen) atoms. The monoisotopic (exact) mass is 528 g/mol. The van der Waals surface area contributed by atoms with Gasteiger partial charge in [-0.15, -0.1) is 0 Å². The van der Waals surface area contributed by atoms with E-state index in [2.05, 4.69) is 35.9 Å². The maximum absolute atomic E-state index is 13.8. The Bertz CT molecular complexity index is 1010. The molecule has 1 aliphatic carbocycles. The molecule has 0 aromatic heterocycles. The van der Waals surface area contributed by atoms with Gasteiger partial charge in [0.25, 0.3) is 5.91 Å². The smallest absolute Gasteiger partial charge is 0.251 e. The number of benzene rings is 1. The summed E-state index contributed by atoms with van der Waals surface area (Å²) in [6.07, 6.45) is 4.87. The number of nitrogens with one attached hydrogen (secondary N) is 1. The molecule has 0 bridgehead atoms. The van der Waals surface area contributed by atoms with Gasteiger partial charge in [0.1, 0.15) is 18.7 Å². The summed E-state index contributed by atoms with van der Waals surface area (Å²) in [6.45, 7) is 10.9. The first-order chi connectivity index (χ1) is 17.6. The predicted molar refractivity (Wildman–Crippen MR) is 146 cm³/mol. The lowest BCUT2D eigenvalue weighted by Gasteiger charge is -2.36. The van der Waals surface area contributed by atoms with Crippen molar-refractivity contribution in [3.8, 4) is 0 Å². The predicted octanol–water partition coefficient (Wildman–Crippen LogP) is 2.42. The summed E-state index contributed by atoms with van der Waals surface area (Å²) in [4.78, 5) is 46.2. The van der Waals surface area contributed by atoms with Crippen molar-refractivity contribution in [3.63, 3.8) is 0 Å². The molecule has 3 heterocycles. The van der Waals surface area contributed by atoms with Crippen molar-refractivity contribution >= 4 is 35.0 Å². The first kappa shape index (κ1) is 26.5. The van der Waals surface area contributed by atoms with Gasteiger partial charge < -0.3 is 19.9 Å². The summed E-state index contributed by atoms with van der Waals surface area (Å²) >= 11 is 1.62. The standard InChI is InChI=1S/C28H40N4O4S/c1-28(2,3)15-21(27(35)32-16-23(37-4)25-24(32)22(33)17-36-25)29-26(34)18-5-7-19(8-6-18)30-11-13-31(14-12-30)20-9-10-20/h5-8,20-21,23-25H,9-17H2,1-4H3,(H,29,34)/t21?,23-,24+,25+/m0/s1. The van der Waals surface area contributed by atoms with Crippen molar-refractivity contribution in [1.82, 2.24) is 15.1 Å². The summed E-state index contributed by atoms with van der Waals surface area (Å²) in [5, 5.41) is 3.07. The summed E-state index contributed by atoms with van der Waals surface area (Å²) in [6, 6.07) is 7.24. The number of rotatable bonds is 7. The number of carbonyl (C=O) groups is 3. The van der Waals surface area contributed by atoms with Crippen LogP contribution in [0.5, 0.6) is 0 Å². The Morgan fingerprint density at radius 2 is 1.78 bits per heavy atom. The second-order valence-corrected chi connectivity index (χ2v) is 13.1. The molecule has 2 amide bonds. The van der Waals surface area contributed by atoms with E-state index in [0.29, 0.717) is 18.5 Å². The van der Waals surface area contributed by atoms with Crippen molar-refractivity contribution in [3.05, 3.63) is 29.8 Å². The zero-order valence-corrected chi connectivity index (χ0v) is 23.3. The number of likely N-dealkylation sites (tertiary alicyclic amines) is 1. The minimum Gasteiger partial charge on any atom is -0.369 e. The lowest BCUT2D eigenvalue weighted by atomic mass is 9.87. The first-order valence-electron chi connectivity index (χ1n) is 13.5. The van der Waals surface area contributed by atoms with E-state index in [0.717, 1.165) is 37.9 Å². The number of carbonyl (C=O) groups excluding carboxylic acids is 3. The van der Waals surface area contributed by atoms with E-state index in [-0.39, 0.29) is 41.0 Å². The molecule has 3 saturated heterocycles. The van der Waals surface area contributed by atoms with Gasteiger partial charge in [0.2, 0.25) is 5.91 Å². The number of ketones is 1. The normalized spacial score (nSPS) is 27.4. The number of nitrogens with zero attached hydrogens (tertiary/aromatic N) is 3. The van der Waals surface area contributed by atoms with Crippen LogP contribution < -0.4 is 10.2 Å². The van der Waals surface area contributed by atoms with Gasteiger partial charge in [0.15, 0.2) is 5.78 Å². The number of fused-ring (bicyclic) bond motifs is 1. The third-order valence-electron chi connectivity index (χ3n) is 8.02. The van der Waals surface area contributed by atoms with Crippen LogP contribution >= 0.6 is 11.8 Å². The lowest BCUT2D eigenvalue weighted by molar-refractivity contribution is -0.138. The number of ether oxygens (including phenoxy) is 1. The minimum atomic E-state index is -0.711. The molecule has 4 aliphatic rings. The molecule has 1 unspecified atom stereocenters. The molecule has 4 fully saturated rings. The molecule has 1 N–H and O–H groups in total. The molecule has 1 aromatic carbocycles. The number of thioether (sulfide) groups is 1. The fourth-order valence-electron chi connectivity index (χ4n) is 5.91. The first-order valence-corrected chi connectivity index (χ1v) is 14.8. The van der Waals surface area contributed by atoms with E-state index < -0.39 is 12.1 Å². The summed E-state index contributed by atoms with van der Waals surface area (Å²) in [5.41, 5.74) is 1.47. The average Bonchev–Trinajstić information content (AvgIpc) is 3.56. The molecular weight excluding hydrogens is 488 g/mol. The second-order valence-electron chi connectivity index (χ2n) is 12.0. The quantitative estimate of drug-likeness (QED) is 0.582. The molecule has 5 rings (SSSR count). The molecule has 1 saturated carbocycles. The van der Waals surface area contributed by atoms with E-state index >= 15 is 0 Å². The summed E-state index contributed by atoms with van der Waals surface area (Å²) < 4.78 is 5.73. The van der Waals surface area contributed by atoms with Gasteiger partial charge in [-0.3, -0.25) is 19.3 Å². The molecule has 4 atom stereocenters. The van der Waals surface area contributed by atoms with Crippen molar-refractivity contribution in [2.45, 2.75) is 69.5 Å². The maximum Gasteiger partial charge on any atom is 0.251 e. The van der Waals surface area contributed by atoms with Crippen LogP contribution in [0.2, 0.25) is 0 Å². The summed E-state index contributed by atoms with van der Waals surface area (Å²) in [7, 11) is 0. The van der Waals surface area contributed by atoms with E-state index in [4.69, 9.17) is 4.74 Å². The number of anilines is 1. The average molecular weight is 529 g/mol. The van der Waals surface area contributed by atoms with Crippen LogP contribution in [-0.2, 0) is 14.3 Å². The highest BCUT2D eigenvalue weighted by Gasteiger charge is 2.53. The van der Waals surface area contributed by atoms with Crippen LogP contribution in [0, 0.1) is 5.41 Å². The Morgan fingerprint density at radius 3 is 2.38 bits per heavy atom. The maximum atomic E-state index is 13.8. The second kappa shape index (κ2) is 10.6. The van der Waals surface area contributed by atoms with Crippen LogP contribution in [-0.4, -0.2) is 102 Å². The van der Waals surface area contributed by atoms with E-state index in [1.165, 1.54) is 12.8 Å². The lowest BCUT2D eigenvalue weighted by Crippen LogP contribution is -2.53. The zero-order chi connectivity index (χ0) is 26.3. The molecule has 3 aliphatic heterocycles. The van der Waals surface area contributed by atoms with Crippen molar-refractivity contribution in [1.29, 1.82) is 0 Å². The van der Waals surface area contributed by atoms with Gasteiger partial charge in [-0.05, 0) is 55.2 Å². The van der Waals surface area contributed by atoms with Gasteiger partial charge in [-0.1, -0.05) is 20.8 Å². The van der Waals surface area contributed by atoms with Gasteiger partial charge >= 0.3 is 0 Å². The van der Waals surface area contributed by atoms with Crippen molar-refractivity contribution in [2.75, 3.05) is 50.5 Å². The summed E-state index contributed by atoms with van der Waals surface area (Å²) in [5.74, 6) is -0.512. The Kier molecular flexibility index (Phi) is 7.58. The van der Waals surface area contributed by atoms with Crippen LogP contribution in [0.3, 0.4) is 0 Å². The molecule has 1 aromatic rings. The molecule has 0 radical (unpaired) electrons. The van der Waals surface area contributed by atoms with Gasteiger partial charge in [0.05, 0.1) is 11.4 Å². The fraction of sp³-hybridized carbons (Fsp3) is 0.679. The Balaban J connectivity index is 1.26. The molecular formula is C28H40N4O4S. The Labute approximate surface area is 224 Å². The molecule has 8 nitrogen and oxygen atoms in total. The SMILES string of the molecule is CS[C@H]1CN(C(=O)C(CC(C)(C)C)NC(=O)c2ccc(N3CCN(C4CC4)CC3)cc2)[C@@H]2C(=O)CO[C@H]12. The van der Waals surface area contributed by atoms with Gasteiger partial charge in [0, 0.05) is 50.0 Å². The Morgan fingerprint density at radius 1 is 1.11 bits per heavy atom. The van der Waals surface area contributed by atoms with E-state index in [1.807, 2.05) is 30.5 Å². The highest BCUT2D eigenvalue weighted by Crippen LogP contribution is 2.35. The van der Waals surface area contributed by atoms with E-state index in [1.54, 1.807) is 16.7 Å². The van der Waals surface area contributed by atoms with Crippen molar-refractivity contribution < 1.29 is 19.1 Å². The number of amides is 2. The minimum absolute atomic E-state index is 0.0500. The van der Waals surface area contributed by atoms with Gasteiger partial charge in [-0.25, -0.2) is 0 Å². The molecule has 0 spiro atoms. The van der Waals surface area contributed by atoms with Crippen LogP contribution in [0.25, 0.3) is 0 Å².